The van der Waals surface area contributed by atoms with Crippen molar-refractivity contribution in [2.45, 2.75) is 19.8 Å². The summed E-state index contributed by atoms with van der Waals surface area (Å²) in [6, 6.07) is 9.19. The molecule has 1 saturated heterocycles. The molecule has 0 aliphatic carbocycles. The first kappa shape index (κ1) is 18.9. The predicted octanol–water partition coefficient (Wildman–Crippen LogP) is 3.72. The lowest BCUT2D eigenvalue weighted by molar-refractivity contribution is 0.220. The monoisotopic (exact) mass is 393 g/mol. The molecule has 4 rings (SSSR count). The van der Waals surface area contributed by atoms with E-state index in [0.29, 0.717) is 36.2 Å². The molecule has 8 nitrogen and oxygen atoms in total. The van der Waals surface area contributed by atoms with Crippen LogP contribution < -0.4 is 10.1 Å². The molecule has 0 saturated carbocycles. The van der Waals surface area contributed by atoms with Gasteiger partial charge in [0.25, 0.3) is 0 Å². The number of carbonyl (C=O) groups excluding carboxylic acids is 1. The fraction of sp³-hybridized carbons (Fsp3) is 0.333. The number of nitrogens with zero attached hydrogens (tertiary/aromatic N) is 4. The van der Waals surface area contributed by atoms with Gasteiger partial charge in [0.05, 0.1) is 18.7 Å². The molecule has 150 valence electrons. The van der Waals surface area contributed by atoms with Crippen molar-refractivity contribution in [3.05, 3.63) is 54.2 Å². The molecular formula is C21H23N5O3. The van der Waals surface area contributed by atoms with Gasteiger partial charge in [0, 0.05) is 31.0 Å². The third-order valence-electron chi connectivity index (χ3n) is 5.19. The Morgan fingerprint density at radius 2 is 2.03 bits per heavy atom. The molecule has 0 bridgehead atoms. The zero-order valence-electron chi connectivity index (χ0n) is 16.6. The molecule has 8 heteroatoms. The Kier molecular flexibility index (Phi) is 5.16. The van der Waals surface area contributed by atoms with Crippen molar-refractivity contribution in [1.29, 1.82) is 0 Å². The summed E-state index contributed by atoms with van der Waals surface area (Å²) in [6.07, 6.45) is 3.38. The van der Waals surface area contributed by atoms with E-state index >= 15 is 0 Å². The van der Waals surface area contributed by atoms with E-state index in [1.807, 2.05) is 37.3 Å². The van der Waals surface area contributed by atoms with Gasteiger partial charge in [0.15, 0.2) is 0 Å². The smallest absolute Gasteiger partial charge is 0.321 e. The van der Waals surface area contributed by atoms with E-state index in [-0.39, 0.29) is 17.9 Å². The SMILES string of the molecule is COc1ccc(C)cc1NC(=O)N1CC(C)C(c2nc(-c3ccncc3)no2)C1. The van der Waals surface area contributed by atoms with Crippen LogP contribution in [-0.4, -0.2) is 46.3 Å². The fourth-order valence-corrected chi connectivity index (χ4v) is 3.57. The molecule has 2 aromatic heterocycles. The maximum Gasteiger partial charge on any atom is 0.321 e. The minimum absolute atomic E-state index is 0.0109. The summed E-state index contributed by atoms with van der Waals surface area (Å²) in [5.74, 6) is 1.90. The Balaban J connectivity index is 1.47. The third kappa shape index (κ3) is 3.91. The zero-order chi connectivity index (χ0) is 20.4. The number of hydrogen-bond acceptors (Lipinski definition) is 6. The molecular weight excluding hydrogens is 370 g/mol. The number of methoxy groups -OCH3 is 1. The lowest BCUT2D eigenvalue weighted by Crippen LogP contribution is -2.33. The molecule has 2 amide bonds. The molecule has 3 heterocycles. The summed E-state index contributed by atoms with van der Waals surface area (Å²) in [5.41, 5.74) is 2.55. The summed E-state index contributed by atoms with van der Waals surface area (Å²) in [4.78, 5) is 23.1. The highest BCUT2D eigenvalue weighted by atomic mass is 16.5. The number of ether oxygens (including phenoxy) is 1. The number of hydrogen-bond donors (Lipinski definition) is 1. The van der Waals surface area contributed by atoms with Gasteiger partial charge in [0.1, 0.15) is 5.75 Å². The summed E-state index contributed by atoms with van der Waals surface area (Å²) < 4.78 is 10.9. The topological polar surface area (TPSA) is 93.4 Å². The average Bonchev–Trinajstić information content (AvgIpc) is 3.35. The maximum atomic E-state index is 12.8. The highest BCUT2D eigenvalue weighted by molar-refractivity contribution is 5.91. The Labute approximate surface area is 168 Å². The second kappa shape index (κ2) is 7.90. The predicted molar refractivity (Wildman–Crippen MR) is 108 cm³/mol. The van der Waals surface area contributed by atoms with Crippen LogP contribution in [0.1, 0.15) is 24.3 Å². The van der Waals surface area contributed by atoms with Gasteiger partial charge in [-0.25, -0.2) is 4.79 Å². The maximum absolute atomic E-state index is 12.8. The van der Waals surface area contributed by atoms with E-state index in [4.69, 9.17) is 9.26 Å². The number of likely N-dealkylation sites (tertiary alicyclic amines) is 1. The number of benzene rings is 1. The van der Waals surface area contributed by atoms with Gasteiger partial charge >= 0.3 is 6.03 Å². The normalized spacial score (nSPS) is 18.7. The number of amides is 2. The largest absolute Gasteiger partial charge is 0.495 e. The highest BCUT2D eigenvalue weighted by Gasteiger charge is 2.37. The van der Waals surface area contributed by atoms with E-state index < -0.39 is 0 Å². The van der Waals surface area contributed by atoms with E-state index in [1.165, 1.54) is 0 Å². The van der Waals surface area contributed by atoms with Crippen LogP contribution in [-0.2, 0) is 0 Å². The minimum atomic E-state index is -0.169. The lowest BCUT2D eigenvalue weighted by atomic mass is 9.98. The first-order valence-corrected chi connectivity index (χ1v) is 9.49. The van der Waals surface area contributed by atoms with Crippen molar-refractivity contribution in [3.8, 4) is 17.1 Å². The zero-order valence-corrected chi connectivity index (χ0v) is 16.6. The van der Waals surface area contributed by atoms with Crippen LogP contribution in [0.5, 0.6) is 5.75 Å². The number of carbonyl (C=O) groups is 1. The Morgan fingerprint density at radius 1 is 1.24 bits per heavy atom. The van der Waals surface area contributed by atoms with Crippen molar-refractivity contribution < 1.29 is 14.1 Å². The van der Waals surface area contributed by atoms with Gasteiger partial charge in [0.2, 0.25) is 11.7 Å². The van der Waals surface area contributed by atoms with Crippen LogP contribution in [0.25, 0.3) is 11.4 Å². The van der Waals surface area contributed by atoms with Crippen LogP contribution in [0.2, 0.25) is 0 Å². The van der Waals surface area contributed by atoms with Crippen LogP contribution in [0.15, 0.2) is 47.2 Å². The molecule has 1 aliphatic rings. The van der Waals surface area contributed by atoms with Crippen molar-refractivity contribution in [2.75, 3.05) is 25.5 Å². The molecule has 1 aliphatic heterocycles. The van der Waals surface area contributed by atoms with Crippen LogP contribution in [0.4, 0.5) is 10.5 Å². The van der Waals surface area contributed by atoms with Crippen LogP contribution >= 0.6 is 0 Å². The quantitative estimate of drug-likeness (QED) is 0.726. The van der Waals surface area contributed by atoms with Crippen molar-refractivity contribution >= 4 is 11.7 Å². The van der Waals surface area contributed by atoms with E-state index in [1.54, 1.807) is 24.4 Å². The molecule has 1 fully saturated rings. The molecule has 0 spiro atoms. The standard InChI is InChI=1S/C21H23N5O3/c1-13-4-5-18(28-3)17(10-13)23-21(27)26-11-14(2)16(12-26)20-24-19(25-29-20)15-6-8-22-9-7-15/h4-10,14,16H,11-12H2,1-3H3,(H,23,27). The number of rotatable bonds is 4. The molecule has 3 aromatic rings. The van der Waals surface area contributed by atoms with Crippen molar-refractivity contribution in [1.82, 2.24) is 20.0 Å². The molecule has 0 radical (unpaired) electrons. The van der Waals surface area contributed by atoms with Crippen molar-refractivity contribution in [3.63, 3.8) is 0 Å². The summed E-state index contributed by atoms with van der Waals surface area (Å²) in [5, 5.41) is 7.04. The van der Waals surface area contributed by atoms with Gasteiger partial charge in [-0.15, -0.1) is 0 Å². The van der Waals surface area contributed by atoms with Gasteiger partial charge in [-0.2, -0.15) is 4.98 Å². The second-order valence-corrected chi connectivity index (χ2v) is 7.31. The Morgan fingerprint density at radius 3 is 2.79 bits per heavy atom. The number of pyridine rings is 1. The first-order chi connectivity index (χ1) is 14.0. The molecule has 2 unspecified atom stereocenters. The summed E-state index contributed by atoms with van der Waals surface area (Å²) in [7, 11) is 1.59. The molecule has 29 heavy (non-hydrogen) atoms. The van der Waals surface area contributed by atoms with Gasteiger partial charge in [-0.1, -0.05) is 18.1 Å². The molecule has 2 atom stereocenters. The van der Waals surface area contributed by atoms with Gasteiger partial charge < -0.3 is 19.5 Å². The number of anilines is 1. The van der Waals surface area contributed by atoms with E-state index in [2.05, 4.69) is 27.4 Å². The first-order valence-electron chi connectivity index (χ1n) is 9.49. The summed E-state index contributed by atoms with van der Waals surface area (Å²) in [6.45, 7) is 5.18. The summed E-state index contributed by atoms with van der Waals surface area (Å²) >= 11 is 0. The molecule has 1 N–H and O–H groups in total. The van der Waals surface area contributed by atoms with Crippen molar-refractivity contribution in [2.24, 2.45) is 5.92 Å². The fourth-order valence-electron chi connectivity index (χ4n) is 3.57. The number of nitrogens with one attached hydrogen (secondary N) is 1. The average molecular weight is 393 g/mol. The third-order valence-corrected chi connectivity index (χ3v) is 5.19. The minimum Gasteiger partial charge on any atom is -0.495 e. The highest BCUT2D eigenvalue weighted by Crippen LogP contribution is 2.33. The number of urea groups is 1. The Hall–Kier alpha value is -3.42. The number of aryl methyl sites for hydroxylation is 1. The lowest BCUT2D eigenvalue weighted by Gasteiger charge is -2.18. The van der Waals surface area contributed by atoms with E-state index in [9.17, 15) is 4.79 Å². The Bertz CT molecular complexity index is 1000. The molecule has 1 aromatic carbocycles. The van der Waals surface area contributed by atoms with E-state index in [0.717, 1.165) is 11.1 Å². The van der Waals surface area contributed by atoms with Gasteiger partial charge in [-0.05, 0) is 42.7 Å². The number of aromatic nitrogens is 3. The second-order valence-electron chi connectivity index (χ2n) is 7.31. The van der Waals surface area contributed by atoms with Crippen LogP contribution in [0.3, 0.4) is 0 Å². The van der Waals surface area contributed by atoms with Crippen LogP contribution in [0, 0.1) is 12.8 Å². The van der Waals surface area contributed by atoms with Gasteiger partial charge in [-0.3, -0.25) is 4.98 Å².